The van der Waals surface area contributed by atoms with Crippen molar-refractivity contribution in [3.05, 3.63) is 48.2 Å². The van der Waals surface area contributed by atoms with Crippen molar-refractivity contribution < 1.29 is 14.7 Å². The molecule has 2 heterocycles. The fourth-order valence-electron chi connectivity index (χ4n) is 3.08. The average Bonchev–Trinajstić information content (AvgIpc) is 2.69. The Morgan fingerprint density at radius 2 is 1.85 bits per heavy atom. The first-order valence-electron chi connectivity index (χ1n) is 8.68. The van der Waals surface area contributed by atoms with Gasteiger partial charge in [-0.3, -0.25) is 9.59 Å². The van der Waals surface area contributed by atoms with Crippen LogP contribution in [0, 0.1) is 0 Å². The molecule has 1 fully saturated rings. The van der Waals surface area contributed by atoms with Crippen LogP contribution in [0.2, 0.25) is 0 Å². The van der Waals surface area contributed by atoms with Crippen LogP contribution in [-0.2, 0) is 4.79 Å². The molecular formula is C20H25N3O3. The molecule has 2 aromatic rings. The summed E-state index contributed by atoms with van der Waals surface area (Å²) in [5, 5.41) is 6.89. The second-order valence-corrected chi connectivity index (χ2v) is 6.31. The molecule has 0 unspecified atom stereocenters. The van der Waals surface area contributed by atoms with Gasteiger partial charge in [0.1, 0.15) is 5.82 Å². The maximum Gasteiger partial charge on any atom is 0.290 e. The third-order valence-corrected chi connectivity index (χ3v) is 4.27. The highest BCUT2D eigenvalue weighted by atomic mass is 16.3. The molecule has 0 radical (unpaired) electrons. The minimum atomic E-state index is -0.250. The van der Waals surface area contributed by atoms with Crippen LogP contribution in [0.15, 0.2) is 42.6 Å². The Hall–Kier alpha value is -2.89. The van der Waals surface area contributed by atoms with Crippen LogP contribution in [0.5, 0.6) is 0 Å². The third kappa shape index (κ3) is 4.81. The maximum absolute atomic E-state index is 12.7. The number of carboxylic acid groups (broad SMARTS) is 1. The van der Waals surface area contributed by atoms with E-state index in [1.165, 1.54) is 6.42 Å². The van der Waals surface area contributed by atoms with Crippen LogP contribution >= 0.6 is 0 Å². The van der Waals surface area contributed by atoms with E-state index >= 15 is 0 Å². The van der Waals surface area contributed by atoms with Crippen LogP contribution in [0.3, 0.4) is 0 Å². The Labute approximate surface area is 154 Å². The number of benzene rings is 1. The summed E-state index contributed by atoms with van der Waals surface area (Å²) in [6.07, 6.45) is 5.24. The van der Waals surface area contributed by atoms with Crippen molar-refractivity contribution in [2.24, 2.45) is 0 Å². The molecule has 1 saturated heterocycles. The summed E-state index contributed by atoms with van der Waals surface area (Å²) in [6.45, 7) is 1.50. The molecular weight excluding hydrogens is 330 g/mol. The lowest BCUT2D eigenvalue weighted by atomic mass is 10.0. The number of nitrogens with zero attached hydrogens (tertiary/aromatic N) is 3. The average molecular weight is 355 g/mol. The standard InChI is InChI=1S/C19H23N3O.CH2O2/c1-21(2)18-17(10-7-11-20-18)15-8-6-9-16(14-15)19(23)22-12-4-3-5-13-22;2-1-3/h6-11,14H,3-5,12-13H2,1-2H3;1H,(H,2,3). The van der Waals surface area contributed by atoms with Gasteiger partial charge in [0.25, 0.3) is 12.4 Å². The third-order valence-electron chi connectivity index (χ3n) is 4.27. The molecule has 138 valence electrons. The smallest absolute Gasteiger partial charge is 0.290 e. The summed E-state index contributed by atoms with van der Waals surface area (Å²) in [7, 11) is 3.96. The largest absolute Gasteiger partial charge is 0.483 e. The highest BCUT2D eigenvalue weighted by Gasteiger charge is 2.19. The van der Waals surface area contributed by atoms with Crippen molar-refractivity contribution in [3.63, 3.8) is 0 Å². The number of hydrogen-bond acceptors (Lipinski definition) is 4. The van der Waals surface area contributed by atoms with E-state index in [1.54, 1.807) is 6.20 Å². The van der Waals surface area contributed by atoms with E-state index in [4.69, 9.17) is 9.90 Å². The first-order chi connectivity index (χ1) is 12.6. The molecule has 6 heteroatoms. The molecule has 1 amide bonds. The topological polar surface area (TPSA) is 73.7 Å². The zero-order valence-corrected chi connectivity index (χ0v) is 15.3. The molecule has 1 N–H and O–H groups in total. The maximum atomic E-state index is 12.7. The van der Waals surface area contributed by atoms with Crippen LogP contribution < -0.4 is 4.90 Å². The van der Waals surface area contributed by atoms with Gasteiger partial charge < -0.3 is 14.9 Å². The molecule has 1 aliphatic heterocycles. The lowest BCUT2D eigenvalue weighted by Gasteiger charge is -2.27. The zero-order chi connectivity index (χ0) is 18.9. The van der Waals surface area contributed by atoms with Gasteiger partial charge in [0.05, 0.1) is 0 Å². The monoisotopic (exact) mass is 355 g/mol. The molecule has 1 aromatic heterocycles. The Bertz CT molecular complexity index is 741. The van der Waals surface area contributed by atoms with E-state index in [0.717, 1.165) is 48.4 Å². The molecule has 0 spiro atoms. The summed E-state index contributed by atoms with van der Waals surface area (Å²) in [5.74, 6) is 1.05. The summed E-state index contributed by atoms with van der Waals surface area (Å²) >= 11 is 0. The number of carbonyl (C=O) groups excluding carboxylic acids is 1. The Kier molecular flexibility index (Phi) is 7.14. The number of hydrogen-bond donors (Lipinski definition) is 1. The predicted molar refractivity (Wildman–Crippen MR) is 102 cm³/mol. The molecule has 1 aliphatic rings. The van der Waals surface area contributed by atoms with E-state index in [1.807, 2.05) is 60.3 Å². The summed E-state index contributed by atoms with van der Waals surface area (Å²) < 4.78 is 0. The first kappa shape index (κ1) is 19.4. The minimum absolute atomic E-state index is 0.141. The predicted octanol–water partition coefficient (Wildman–Crippen LogP) is 3.14. The number of amides is 1. The van der Waals surface area contributed by atoms with Gasteiger partial charge in [0.15, 0.2) is 0 Å². The number of piperidine rings is 1. The number of pyridine rings is 1. The molecule has 0 aliphatic carbocycles. The zero-order valence-electron chi connectivity index (χ0n) is 15.3. The van der Waals surface area contributed by atoms with Gasteiger partial charge in [0, 0.05) is 44.5 Å². The normalized spacial score (nSPS) is 13.4. The highest BCUT2D eigenvalue weighted by Crippen LogP contribution is 2.28. The van der Waals surface area contributed by atoms with Crippen molar-refractivity contribution >= 4 is 18.2 Å². The van der Waals surface area contributed by atoms with Gasteiger partial charge in [-0.25, -0.2) is 4.98 Å². The van der Waals surface area contributed by atoms with Crippen LogP contribution in [0.25, 0.3) is 11.1 Å². The number of likely N-dealkylation sites (tertiary alicyclic amines) is 1. The molecule has 26 heavy (non-hydrogen) atoms. The van der Waals surface area contributed by atoms with Gasteiger partial charge in [0.2, 0.25) is 0 Å². The van der Waals surface area contributed by atoms with Gasteiger partial charge >= 0.3 is 0 Å². The Morgan fingerprint density at radius 1 is 1.15 bits per heavy atom. The van der Waals surface area contributed by atoms with Crippen molar-refractivity contribution in [3.8, 4) is 11.1 Å². The molecule has 0 atom stereocenters. The first-order valence-corrected chi connectivity index (χ1v) is 8.68. The fraction of sp³-hybridized carbons (Fsp3) is 0.350. The van der Waals surface area contributed by atoms with Crippen LogP contribution in [0.1, 0.15) is 29.6 Å². The molecule has 6 nitrogen and oxygen atoms in total. The lowest BCUT2D eigenvalue weighted by molar-refractivity contribution is -0.122. The van der Waals surface area contributed by atoms with E-state index in [9.17, 15) is 4.79 Å². The van der Waals surface area contributed by atoms with E-state index in [2.05, 4.69) is 4.98 Å². The number of aromatic nitrogens is 1. The molecule has 0 saturated carbocycles. The Balaban J connectivity index is 0.000000758. The highest BCUT2D eigenvalue weighted by molar-refractivity contribution is 5.96. The Morgan fingerprint density at radius 3 is 2.50 bits per heavy atom. The number of anilines is 1. The summed E-state index contributed by atoms with van der Waals surface area (Å²) in [6, 6.07) is 11.9. The lowest BCUT2D eigenvalue weighted by Crippen LogP contribution is -2.35. The SMILES string of the molecule is CN(C)c1ncccc1-c1cccc(C(=O)N2CCCCC2)c1.O=CO. The van der Waals surface area contributed by atoms with Gasteiger partial charge in [-0.2, -0.15) is 0 Å². The number of carbonyl (C=O) groups is 2. The van der Waals surface area contributed by atoms with Crippen molar-refractivity contribution in [2.45, 2.75) is 19.3 Å². The van der Waals surface area contributed by atoms with Crippen LogP contribution in [0.4, 0.5) is 5.82 Å². The van der Waals surface area contributed by atoms with Gasteiger partial charge in [-0.05, 0) is 49.1 Å². The van der Waals surface area contributed by atoms with Crippen LogP contribution in [-0.4, -0.2) is 54.6 Å². The van der Waals surface area contributed by atoms with E-state index in [0.29, 0.717) is 0 Å². The molecule has 3 rings (SSSR count). The van der Waals surface area contributed by atoms with Gasteiger partial charge in [-0.15, -0.1) is 0 Å². The second kappa shape index (κ2) is 9.56. The van der Waals surface area contributed by atoms with E-state index in [-0.39, 0.29) is 12.4 Å². The minimum Gasteiger partial charge on any atom is -0.483 e. The van der Waals surface area contributed by atoms with Crippen molar-refractivity contribution in [1.82, 2.24) is 9.88 Å². The molecule has 0 bridgehead atoms. The second-order valence-electron chi connectivity index (χ2n) is 6.31. The molecule has 1 aromatic carbocycles. The fourth-order valence-corrected chi connectivity index (χ4v) is 3.08. The quantitative estimate of drug-likeness (QED) is 0.856. The van der Waals surface area contributed by atoms with E-state index < -0.39 is 0 Å². The van der Waals surface area contributed by atoms with Crippen molar-refractivity contribution in [1.29, 1.82) is 0 Å². The summed E-state index contributed by atoms with van der Waals surface area (Å²) in [5.41, 5.74) is 2.84. The summed E-state index contributed by atoms with van der Waals surface area (Å²) in [4.78, 5) is 29.5. The van der Waals surface area contributed by atoms with Crippen molar-refractivity contribution in [2.75, 3.05) is 32.1 Å². The number of rotatable bonds is 3. The van der Waals surface area contributed by atoms with Gasteiger partial charge in [-0.1, -0.05) is 12.1 Å².